The van der Waals surface area contributed by atoms with Gasteiger partial charge in [-0.1, -0.05) is 30.3 Å². The summed E-state index contributed by atoms with van der Waals surface area (Å²) < 4.78 is 0. The van der Waals surface area contributed by atoms with E-state index in [1.807, 2.05) is 36.4 Å². The number of aromatic nitrogens is 2. The smallest absolute Gasteiger partial charge is 0.225 e. The molecule has 0 radical (unpaired) electrons. The van der Waals surface area contributed by atoms with Crippen LogP contribution in [0.4, 0.5) is 5.82 Å². The minimum atomic E-state index is 0.0319. The van der Waals surface area contributed by atoms with Crippen molar-refractivity contribution in [2.75, 3.05) is 45.1 Å². The number of rotatable bonds is 7. The quantitative estimate of drug-likeness (QED) is 0.759. The third-order valence-corrected chi connectivity index (χ3v) is 4.65. The first-order valence-corrected chi connectivity index (χ1v) is 9.02. The summed E-state index contributed by atoms with van der Waals surface area (Å²) in [6, 6.07) is 11.8. The van der Waals surface area contributed by atoms with Crippen LogP contribution in [-0.4, -0.2) is 65.7 Å². The van der Waals surface area contributed by atoms with Gasteiger partial charge in [0, 0.05) is 38.7 Å². The van der Waals surface area contributed by atoms with Crippen molar-refractivity contribution in [1.29, 1.82) is 0 Å². The molecule has 1 amide bonds. The number of nitrogens with zero attached hydrogens (tertiary/aromatic N) is 3. The number of unbranched alkanes of at least 4 members (excludes halogenated alkanes) is 1. The Morgan fingerprint density at radius 3 is 2.68 bits per heavy atom. The number of carbonyl (C=O) groups is 1. The van der Waals surface area contributed by atoms with Crippen LogP contribution in [0, 0.1) is 0 Å². The molecule has 0 aliphatic carbocycles. The summed E-state index contributed by atoms with van der Waals surface area (Å²) in [5.74, 6) is 0.618. The number of H-pyrrole nitrogens is 1. The average molecular weight is 341 g/mol. The molecule has 0 spiro atoms. The number of amides is 1. The summed E-state index contributed by atoms with van der Waals surface area (Å²) in [5, 5.41) is 10.0. The zero-order chi connectivity index (χ0) is 17.5. The summed E-state index contributed by atoms with van der Waals surface area (Å²) in [7, 11) is 2.17. The topological polar surface area (TPSA) is 64.3 Å². The minimum absolute atomic E-state index is 0.0319. The van der Waals surface area contributed by atoms with Crippen molar-refractivity contribution in [3.8, 4) is 11.3 Å². The third kappa shape index (κ3) is 5.41. The van der Waals surface area contributed by atoms with Gasteiger partial charge in [0.15, 0.2) is 5.82 Å². The summed E-state index contributed by atoms with van der Waals surface area (Å²) >= 11 is 0. The molecule has 6 nitrogen and oxygen atoms in total. The number of piperazine rings is 1. The fourth-order valence-corrected chi connectivity index (χ4v) is 3.05. The van der Waals surface area contributed by atoms with E-state index in [1.54, 1.807) is 0 Å². The predicted octanol–water partition coefficient (Wildman–Crippen LogP) is 2.43. The predicted molar refractivity (Wildman–Crippen MR) is 100 cm³/mol. The highest BCUT2D eigenvalue weighted by molar-refractivity contribution is 5.90. The van der Waals surface area contributed by atoms with Gasteiger partial charge in [0.25, 0.3) is 0 Å². The average Bonchev–Trinajstić information content (AvgIpc) is 3.09. The van der Waals surface area contributed by atoms with Crippen LogP contribution in [0.15, 0.2) is 36.4 Å². The Labute approximate surface area is 149 Å². The molecule has 25 heavy (non-hydrogen) atoms. The second-order valence-corrected chi connectivity index (χ2v) is 6.68. The molecule has 0 unspecified atom stereocenters. The summed E-state index contributed by atoms with van der Waals surface area (Å²) in [4.78, 5) is 16.9. The van der Waals surface area contributed by atoms with E-state index < -0.39 is 0 Å². The standard InChI is InChI=1S/C19H27N5O/c1-23-11-13-24(14-12-23)10-6-5-9-19(25)20-18-15-17(21-22-18)16-7-3-2-4-8-16/h2-4,7-8,15H,5-6,9-14H2,1H3,(H2,20,21,22,25). The van der Waals surface area contributed by atoms with Crippen LogP contribution in [0.1, 0.15) is 19.3 Å². The molecule has 1 aromatic heterocycles. The number of likely N-dealkylation sites (N-methyl/N-ethyl adjacent to an activating group) is 1. The highest BCUT2D eigenvalue weighted by Gasteiger charge is 2.13. The Morgan fingerprint density at radius 2 is 1.92 bits per heavy atom. The van der Waals surface area contributed by atoms with Crippen molar-refractivity contribution in [2.24, 2.45) is 0 Å². The van der Waals surface area contributed by atoms with Gasteiger partial charge >= 0.3 is 0 Å². The van der Waals surface area contributed by atoms with Crippen molar-refractivity contribution in [2.45, 2.75) is 19.3 Å². The molecule has 2 aromatic rings. The molecule has 1 aliphatic rings. The molecule has 3 rings (SSSR count). The number of aromatic amines is 1. The van der Waals surface area contributed by atoms with Gasteiger partial charge in [-0.15, -0.1) is 0 Å². The van der Waals surface area contributed by atoms with Gasteiger partial charge < -0.3 is 15.1 Å². The Hall–Kier alpha value is -2.18. The zero-order valence-electron chi connectivity index (χ0n) is 14.9. The number of carbonyl (C=O) groups excluding carboxylic acids is 1. The molecule has 6 heteroatoms. The lowest BCUT2D eigenvalue weighted by Gasteiger charge is -2.32. The number of anilines is 1. The molecule has 1 saturated heterocycles. The van der Waals surface area contributed by atoms with Crippen molar-refractivity contribution in [3.63, 3.8) is 0 Å². The Balaban J connectivity index is 1.36. The van der Waals surface area contributed by atoms with Gasteiger partial charge in [0.05, 0.1) is 5.69 Å². The van der Waals surface area contributed by atoms with Gasteiger partial charge in [-0.05, 0) is 32.0 Å². The molecule has 0 saturated carbocycles. The van der Waals surface area contributed by atoms with E-state index >= 15 is 0 Å². The largest absolute Gasteiger partial charge is 0.309 e. The van der Waals surface area contributed by atoms with Crippen molar-refractivity contribution < 1.29 is 4.79 Å². The number of nitrogens with one attached hydrogen (secondary N) is 2. The van der Waals surface area contributed by atoms with Crippen LogP contribution in [0.3, 0.4) is 0 Å². The zero-order valence-corrected chi connectivity index (χ0v) is 14.9. The third-order valence-electron chi connectivity index (χ3n) is 4.65. The maximum atomic E-state index is 12.1. The van der Waals surface area contributed by atoms with Crippen molar-refractivity contribution in [3.05, 3.63) is 36.4 Å². The fraction of sp³-hybridized carbons (Fsp3) is 0.474. The highest BCUT2D eigenvalue weighted by Crippen LogP contribution is 2.19. The van der Waals surface area contributed by atoms with Crippen LogP contribution in [-0.2, 0) is 4.79 Å². The molecule has 2 N–H and O–H groups in total. The highest BCUT2D eigenvalue weighted by atomic mass is 16.1. The molecule has 0 bridgehead atoms. The summed E-state index contributed by atoms with van der Waals surface area (Å²) in [5.41, 5.74) is 1.97. The lowest BCUT2D eigenvalue weighted by atomic mass is 10.1. The van der Waals surface area contributed by atoms with E-state index in [4.69, 9.17) is 0 Å². The second kappa shape index (κ2) is 8.78. The van der Waals surface area contributed by atoms with Gasteiger partial charge in [0.2, 0.25) is 5.91 Å². The van der Waals surface area contributed by atoms with E-state index in [1.165, 1.54) is 0 Å². The maximum absolute atomic E-state index is 12.1. The number of benzene rings is 1. The fourth-order valence-electron chi connectivity index (χ4n) is 3.05. The molecule has 1 fully saturated rings. The van der Waals surface area contributed by atoms with Gasteiger partial charge in [0.1, 0.15) is 0 Å². The Kier molecular flexibility index (Phi) is 6.19. The number of hydrogen-bond donors (Lipinski definition) is 2. The van der Waals surface area contributed by atoms with Crippen LogP contribution < -0.4 is 5.32 Å². The Bertz CT molecular complexity index is 661. The van der Waals surface area contributed by atoms with Crippen LogP contribution in [0.5, 0.6) is 0 Å². The lowest BCUT2D eigenvalue weighted by molar-refractivity contribution is -0.116. The maximum Gasteiger partial charge on any atom is 0.225 e. The molecule has 1 aromatic carbocycles. The monoisotopic (exact) mass is 341 g/mol. The van der Waals surface area contributed by atoms with E-state index in [9.17, 15) is 4.79 Å². The summed E-state index contributed by atoms with van der Waals surface area (Å²) in [6.07, 6.45) is 2.52. The van der Waals surface area contributed by atoms with Crippen LogP contribution >= 0.6 is 0 Å². The van der Waals surface area contributed by atoms with Gasteiger partial charge in [-0.2, -0.15) is 5.10 Å². The first kappa shape index (κ1) is 17.6. The molecule has 2 heterocycles. The minimum Gasteiger partial charge on any atom is -0.309 e. The van der Waals surface area contributed by atoms with E-state index in [0.717, 1.165) is 56.8 Å². The normalized spacial score (nSPS) is 16.0. The van der Waals surface area contributed by atoms with E-state index in [0.29, 0.717) is 12.2 Å². The SMILES string of the molecule is CN1CCN(CCCCC(=O)Nc2cc(-c3ccccc3)[nH]n2)CC1. The first-order valence-electron chi connectivity index (χ1n) is 9.02. The summed E-state index contributed by atoms with van der Waals surface area (Å²) in [6.45, 7) is 5.64. The van der Waals surface area contributed by atoms with Gasteiger partial charge in [-0.3, -0.25) is 9.89 Å². The van der Waals surface area contributed by atoms with Gasteiger partial charge in [-0.25, -0.2) is 0 Å². The number of hydrogen-bond acceptors (Lipinski definition) is 4. The molecular weight excluding hydrogens is 314 g/mol. The van der Waals surface area contributed by atoms with Crippen molar-refractivity contribution >= 4 is 11.7 Å². The van der Waals surface area contributed by atoms with E-state index in [-0.39, 0.29) is 5.91 Å². The second-order valence-electron chi connectivity index (χ2n) is 6.68. The molecule has 1 aliphatic heterocycles. The van der Waals surface area contributed by atoms with Crippen LogP contribution in [0.2, 0.25) is 0 Å². The molecule has 134 valence electrons. The van der Waals surface area contributed by atoms with E-state index in [2.05, 4.69) is 32.4 Å². The lowest BCUT2D eigenvalue weighted by Crippen LogP contribution is -2.44. The van der Waals surface area contributed by atoms with Crippen molar-refractivity contribution in [1.82, 2.24) is 20.0 Å². The first-order chi connectivity index (χ1) is 12.2. The van der Waals surface area contributed by atoms with Crippen LogP contribution in [0.25, 0.3) is 11.3 Å². The molecular formula is C19H27N5O. The molecule has 0 atom stereocenters. The Morgan fingerprint density at radius 1 is 1.16 bits per heavy atom.